The third-order valence-electron chi connectivity index (χ3n) is 4.62. The molecule has 1 N–H and O–H groups in total. The van der Waals surface area contributed by atoms with Gasteiger partial charge >= 0.3 is 6.03 Å². The third kappa shape index (κ3) is 3.01. The highest BCUT2D eigenvalue weighted by Gasteiger charge is 2.32. The van der Waals surface area contributed by atoms with Crippen LogP contribution in [0.25, 0.3) is 0 Å². The van der Waals surface area contributed by atoms with Gasteiger partial charge in [-0.1, -0.05) is 12.1 Å². The number of methoxy groups -OCH3 is 1. The van der Waals surface area contributed by atoms with Gasteiger partial charge in [-0.05, 0) is 35.9 Å². The molecular weight excluding hydrogens is 328 g/mol. The van der Waals surface area contributed by atoms with E-state index in [4.69, 9.17) is 4.74 Å². The van der Waals surface area contributed by atoms with E-state index in [0.717, 1.165) is 17.8 Å². The molecule has 2 amide bonds. The number of aromatic nitrogens is 2. The lowest BCUT2D eigenvalue weighted by Gasteiger charge is -2.37. The van der Waals surface area contributed by atoms with Crippen LogP contribution in [-0.4, -0.2) is 34.1 Å². The first-order valence-electron chi connectivity index (χ1n) is 8.53. The number of amides is 2. The minimum atomic E-state index is -0.168. The lowest BCUT2D eigenvalue weighted by Crippen LogP contribution is -2.44. The summed E-state index contributed by atoms with van der Waals surface area (Å²) in [6.07, 6.45) is 5.61. The van der Waals surface area contributed by atoms with Gasteiger partial charge in [-0.15, -0.1) is 0 Å². The summed E-state index contributed by atoms with van der Waals surface area (Å²) < 4.78 is 7.42. The van der Waals surface area contributed by atoms with E-state index in [1.165, 1.54) is 0 Å². The van der Waals surface area contributed by atoms with Crippen molar-refractivity contribution in [1.82, 2.24) is 14.5 Å². The van der Waals surface area contributed by atoms with Crippen molar-refractivity contribution in [3.8, 4) is 5.75 Å². The van der Waals surface area contributed by atoms with Gasteiger partial charge in [-0.3, -0.25) is 4.98 Å². The number of carbonyl (C=O) groups is 1. The molecule has 4 rings (SSSR count). The fourth-order valence-electron chi connectivity index (χ4n) is 3.39. The van der Waals surface area contributed by atoms with Crippen LogP contribution >= 0.6 is 0 Å². The fraction of sp³-hybridized carbons (Fsp3) is 0.200. The molecule has 6 nitrogen and oxygen atoms in total. The second-order valence-corrected chi connectivity index (χ2v) is 6.17. The van der Waals surface area contributed by atoms with Crippen LogP contribution in [0.3, 0.4) is 0 Å². The molecule has 2 aromatic heterocycles. The van der Waals surface area contributed by atoms with Gasteiger partial charge in [-0.2, -0.15) is 0 Å². The standard InChI is InChI=1S/C20H20N4O2/c1-26-17-7-2-6-16(13-17)22-20(25)24-12-11-23-10-4-8-18(23)19(24)15-5-3-9-21-14-15/h2-10,13-14,19H,11-12H2,1H3,(H,22,25)/t19-/m0/s1. The number of hydrogen-bond donors (Lipinski definition) is 1. The molecular formula is C20H20N4O2. The monoisotopic (exact) mass is 348 g/mol. The van der Waals surface area contributed by atoms with Crippen LogP contribution in [0.2, 0.25) is 0 Å². The Morgan fingerprint density at radius 3 is 2.92 bits per heavy atom. The molecule has 1 atom stereocenters. The largest absolute Gasteiger partial charge is 0.497 e. The molecule has 6 heteroatoms. The van der Waals surface area contributed by atoms with Gasteiger partial charge in [0.05, 0.1) is 7.11 Å². The molecule has 0 unspecified atom stereocenters. The first-order chi connectivity index (χ1) is 12.8. The van der Waals surface area contributed by atoms with Crippen molar-refractivity contribution in [2.45, 2.75) is 12.6 Å². The van der Waals surface area contributed by atoms with Crippen LogP contribution in [0, 0.1) is 0 Å². The maximum absolute atomic E-state index is 13.0. The molecule has 0 spiro atoms. The normalized spacial score (nSPS) is 16.0. The Kier molecular flexibility index (Phi) is 4.31. The van der Waals surface area contributed by atoms with Crippen LogP contribution in [-0.2, 0) is 6.54 Å². The molecule has 26 heavy (non-hydrogen) atoms. The summed E-state index contributed by atoms with van der Waals surface area (Å²) in [5.41, 5.74) is 2.79. The average molecular weight is 348 g/mol. The summed E-state index contributed by atoms with van der Waals surface area (Å²) in [6, 6.07) is 15.0. The Balaban J connectivity index is 1.64. The molecule has 3 aromatic rings. The second-order valence-electron chi connectivity index (χ2n) is 6.17. The number of nitrogens with zero attached hydrogens (tertiary/aromatic N) is 3. The highest BCUT2D eigenvalue weighted by atomic mass is 16.5. The van der Waals surface area contributed by atoms with Gasteiger partial charge in [-0.25, -0.2) is 4.79 Å². The van der Waals surface area contributed by atoms with E-state index < -0.39 is 0 Å². The van der Waals surface area contributed by atoms with Crippen LogP contribution in [0.5, 0.6) is 5.75 Å². The third-order valence-corrected chi connectivity index (χ3v) is 4.62. The van der Waals surface area contributed by atoms with Crippen molar-refractivity contribution in [3.05, 3.63) is 78.4 Å². The van der Waals surface area contributed by atoms with Crippen molar-refractivity contribution >= 4 is 11.7 Å². The summed E-state index contributed by atoms with van der Waals surface area (Å²) in [5, 5.41) is 2.99. The molecule has 0 bridgehead atoms. The molecule has 0 aliphatic carbocycles. The van der Waals surface area contributed by atoms with Crippen LogP contribution in [0.15, 0.2) is 67.1 Å². The van der Waals surface area contributed by atoms with Gasteiger partial charge < -0.3 is 19.5 Å². The minimum Gasteiger partial charge on any atom is -0.497 e. The Morgan fingerprint density at radius 1 is 1.19 bits per heavy atom. The van der Waals surface area contributed by atoms with Crippen molar-refractivity contribution in [2.24, 2.45) is 0 Å². The van der Waals surface area contributed by atoms with Gasteiger partial charge in [0, 0.05) is 49.1 Å². The highest BCUT2D eigenvalue weighted by Crippen LogP contribution is 2.32. The number of fused-ring (bicyclic) bond motifs is 1. The molecule has 132 valence electrons. The molecule has 0 saturated carbocycles. The zero-order chi connectivity index (χ0) is 17.9. The summed E-state index contributed by atoms with van der Waals surface area (Å²) in [5.74, 6) is 0.708. The summed E-state index contributed by atoms with van der Waals surface area (Å²) >= 11 is 0. The highest BCUT2D eigenvalue weighted by molar-refractivity contribution is 5.90. The van der Waals surface area contributed by atoms with E-state index in [9.17, 15) is 4.79 Å². The average Bonchev–Trinajstić information content (AvgIpc) is 3.16. The van der Waals surface area contributed by atoms with Crippen molar-refractivity contribution in [1.29, 1.82) is 0 Å². The number of ether oxygens (including phenoxy) is 1. The van der Waals surface area contributed by atoms with Crippen LogP contribution in [0.4, 0.5) is 10.5 Å². The van der Waals surface area contributed by atoms with E-state index >= 15 is 0 Å². The Labute approximate surface area is 152 Å². The van der Waals surface area contributed by atoms with Crippen molar-refractivity contribution in [2.75, 3.05) is 19.0 Å². The molecule has 1 aromatic carbocycles. The quantitative estimate of drug-likeness (QED) is 0.788. The number of benzene rings is 1. The number of nitrogens with one attached hydrogen (secondary N) is 1. The van der Waals surface area contributed by atoms with Gasteiger partial charge in [0.1, 0.15) is 11.8 Å². The molecule has 0 radical (unpaired) electrons. The summed E-state index contributed by atoms with van der Waals surface area (Å²) in [6.45, 7) is 1.39. The smallest absolute Gasteiger partial charge is 0.322 e. The van der Waals surface area contributed by atoms with E-state index in [1.54, 1.807) is 13.3 Å². The fourth-order valence-corrected chi connectivity index (χ4v) is 3.39. The zero-order valence-electron chi connectivity index (χ0n) is 14.5. The van der Waals surface area contributed by atoms with Gasteiger partial charge in [0.15, 0.2) is 0 Å². The minimum absolute atomic E-state index is 0.139. The number of carbonyl (C=O) groups excluding carboxylic acids is 1. The summed E-state index contributed by atoms with van der Waals surface area (Å²) in [4.78, 5) is 19.1. The molecule has 3 heterocycles. The zero-order valence-corrected chi connectivity index (χ0v) is 14.5. The number of urea groups is 1. The van der Waals surface area contributed by atoms with Gasteiger partial charge in [0.25, 0.3) is 0 Å². The molecule has 1 aliphatic rings. The molecule has 0 fully saturated rings. The lowest BCUT2D eigenvalue weighted by molar-refractivity contribution is 0.181. The predicted molar refractivity (Wildman–Crippen MR) is 99.2 cm³/mol. The van der Waals surface area contributed by atoms with Crippen molar-refractivity contribution < 1.29 is 9.53 Å². The van der Waals surface area contributed by atoms with E-state index in [-0.39, 0.29) is 12.1 Å². The predicted octanol–water partition coefficient (Wildman–Crippen LogP) is 3.53. The number of hydrogen-bond acceptors (Lipinski definition) is 3. The molecule has 1 aliphatic heterocycles. The number of rotatable bonds is 3. The van der Waals surface area contributed by atoms with E-state index in [0.29, 0.717) is 18.0 Å². The van der Waals surface area contributed by atoms with Crippen LogP contribution < -0.4 is 10.1 Å². The van der Waals surface area contributed by atoms with Gasteiger partial charge in [0.2, 0.25) is 0 Å². The Morgan fingerprint density at radius 2 is 2.12 bits per heavy atom. The number of anilines is 1. The lowest BCUT2D eigenvalue weighted by atomic mass is 10.0. The second kappa shape index (κ2) is 6.92. The number of pyridine rings is 1. The van der Waals surface area contributed by atoms with Crippen molar-refractivity contribution in [3.63, 3.8) is 0 Å². The van der Waals surface area contributed by atoms with E-state index in [1.807, 2.05) is 53.6 Å². The molecule has 0 saturated heterocycles. The first-order valence-corrected chi connectivity index (χ1v) is 8.53. The Hall–Kier alpha value is -3.28. The van der Waals surface area contributed by atoms with E-state index in [2.05, 4.69) is 27.1 Å². The maximum atomic E-state index is 13.0. The Bertz CT molecular complexity index is 907. The van der Waals surface area contributed by atoms with Crippen LogP contribution in [0.1, 0.15) is 17.3 Å². The summed E-state index contributed by atoms with van der Waals surface area (Å²) in [7, 11) is 1.61. The first kappa shape index (κ1) is 16.2. The maximum Gasteiger partial charge on any atom is 0.322 e. The SMILES string of the molecule is COc1cccc(NC(=O)N2CCn3cccc3[C@@H]2c2cccnc2)c1. The topological polar surface area (TPSA) is 59.4 Å².